The van der Waals surface area contributed by atoms with Crippen molar-refractivity contribution < 1.29 is 64.6 Å². The summed E-state index contributed by atoms with van der Waals surface area (Å²) in [4.78, 5) is 13.3. The van der Waals surface area contributed by atoms with Crippen molar-refractivity contribution in [2.75, 3.05) is 19.8 Å². The van der Waals surface area contributed by atoms with Gasteiger partial charge in [0, 0.05) is 6.42 Å². The molecule has 0 bridgehead atoms. The van der Waals surface area contributed by atoms with E-state index in [4.69, 9.17) is 18.9 Å². The molecule has 9 N–H and O–H groups in total. The minimum atomic E-state index is -1.79. The predicted molar refractivity (Wildman–Crippen MR) is 350 cm³/mol. The molecule has 498 valence electrons. The molecule has 2 aliphatic heterocycles. The van der Waals surface area contributed by atoms with Crippen LogP contribution in [0.25, 0.3) is 0 Å². The van der Waals surface area contributed by atoms with Crippen LogP contribution in [0.3, 0.4) is 0 Å². The van der Waals surface area contributed by atoms with Crippen LogP contribution in [0.2, 0.25) is 0 Å². The first-order chi connectivity index (χ1) is 42.1. The molecule has 1 amide bonds. The summed E-state index contributed by atoms with van der Waals surface area (Å²) in [7, 11) is 0. The van der Waals surface area contributed by atoms with Crippen LogP contribution < -0.4 is 5.32 Å². The molecule has 2 fully saturated rings. The summed E-state index contributed by atoms with van der Waals surface area (Å²) >= 11 is 0. The zero-order chi connectivity index (χ0) is 62.3. The smallest absolute Gasteiger partial charge is 0.220 e. The minimum absolute atomic E-state index is 0.248. The number of rotatable bonds is 56. The van der Waals surface area contributed by atoms with Gasteiger partial charge in [-0.2, -0.15) is 0 Å². The number of allylic oxidation sites excluding steroid dienone is 13. The SMILES string of the molecule is CC/C=C\C/C=C\C/C=C\C/C=C\C/C=C\C/C=C\CCCCCCCCCCC(=O)NC(COC1OC(CO)C(OC2OC(CO)C(O)C(O)C2O)C(O)C1O)C(O)/C=C/CCCCCCCCCCCCCCCCCCCCCCCCC. The Morgan fingerprint density at radius 2 is 0.802 bits per heavy atom. The van der Waals surface area contributed by atoms with Gasteiger partial charge in [-0.1, -0.05) is 279 Å². The number of unbranched alkanes of at least 4 members (excludes halogenated alkanes) is 31. The van der Waals surface area contributed by atoms with E-state index in [9.17, 15) is 45.6 Å². The molecule has 0 spiro atoms. The monoisotopic (exact) mass is 1210 g/mol. The molecule has 2 saturated heterocycles. The van der Waals surface area contributed by atoms with Gasteiger partial charge >= 0.3 is 0 Å². The van der Waals surface area contributed by atoms with E-state index in [1.54, 1.807) is 6.08 Å². The van der Waals surface area contributed by atoms with Crippen molar-refractivity contribution in [1.82, 2.24) is 5.32 Å². The molecular weight excluding hydrogens is 1090 g/mol. The fourth-order valence-corrected chi connectivity index (χ4v) is 11.1. The van der Waals surface area contributed by atoms with E-state index in [0.29, 0.717) is 6.42 Å². The van der Waals surface area contributed by atoms with Crippen LogP contribution in [0.4, 0.5) is 0 Å². The molecule has 2 heterocycles. The third-order valence-electron chi connectivity index (χ3n) is 16.6. The number of aliphatic hydroxyl groups is 8. The molecule has 14 nitrogen and oxygen atoms in total. The van der Waals surface area contributed by atoms with Gasteiger partial charge in [-0.25, -0.2) is 0 Å². The van der Waals surface area contributed by atoms with Crippen LogP contribution in [0.1, 0.15) is 271 Å². The molecule has 12 atom stereocenters. The summed E-state index contributed by atoms with van der Waals surface area (Å²) in [6.07, 6.45) is 60.5. The molecule has 86 heavy (non-hydrogen) atoms. The van der Waals surface area contributed by atoms with Crippen LogP contribution in [-0.4, -0.2) is 140 Å². The Bertz CT molecular complexity index is 1770. The largest absolute Gasteiger partial charge is 0.394 e. The molecule has 14 heteroatoms. The molecule has 0 aromatic rings. The number of carbonyl (C=O) groups excluding carboxylic acids is 1. The van der Waals surface area contributed by atoms with Crippen molar-refractivity contribution in [2.45, 2.75) is 344 Å². The van der Waals surface area contributed by atoms with Crippen LogP contribution >= 0.6 is 0 Å². The van der Waals surface area contributed by atoms with E-state index in [2.05, 4.69) is 92.1 Å². The molecule has 0 saturated carbocycles. The second-order valence-electron chi connectivity index (χ2n) is 24.3. The van der Waals surface area contributed by atoms with Gasteiger partial charge in [0.25, 0.3) is 0 Å². The fraction of sp³-hybridized carbons (Fsp3) is 0.792. The first kappa shape index (κ1) is 79.3. The van der Waals surface area contributed by atoms with E-state index >= 15 is 0 Å². The lowest BCUT2D eigenvalue weighted by Crippen LogP contribution is -2.65. The van der Waals surface area contributed by atoms with E-state index in [1.165, 1.54) is 154 Å². The zero-order valence-electron chi connectivity index (χ0n) is 54.0. The molecule has 0 radical (unpaired) electrons. The molecule has 12 unspecified atom stereocenters. The van der Waals surface area contributed by atoms with Crippen molar-refractivity contribution in [3.8, 4) is 0 Å². The summed E-state index contributed by atoms with van der Waals surface area (Å²) in [6, 6.07) is -0.926. The summed E-state index contributed by atoms with van der Waals surface area (Å²) in [5, 5.41) is 87.5. The van der Waals surface area contributed by atoms with E-state index in [1.807, 2.05) is 6.08 Å². The lowest BCUT2D eigenvalue weighted by atomic mass is 9.97. The molecule has 0 aromatic heterocycles. The Morgan fingerprint density at radius 3 is 1.23 bits per heavy atom. The highest BCUT2D eigenvalue weighted by atomic mass is 16.7. The van der Waals surface area contributed by atoms with Crippen LogP contribution in [0.15, 0.2) is 85.1 Å². The molecule has 0 aromatic carbocycles. The van der Waals surface area contributed by atoms with Crippen molar-refractivity contribution in [3.05, 3.63) is 85.1 Å². The molecule has 2 aliphatic rings. The number of nitrogens with one attached hydrogen (secondary N) is 1. The van der Waals surface area contributed by atoms with Crippen molar-refractivity contribution in [2.24, 2.45) is 0 Å². The normalized spacial score (nSPS) is 23.9. The predicted octanol–water partition coefficient (Wildman–Crippen LogP) is 14.0. The third-order valence-corrected chi connectivity index (χ3v) is 16.6. The Kier molecular flexibility index (Phi) is 51.8. The van der Waals surface area contributed by atoms with Gasteiger partial charge in [-0.05, 0) is 70.6 Å². The number of ether oxygens (including phenoxy) is 4. The summed E-state index contributed by atoms with van der Waals surface area (Å²) in [5.74, 6) is -0.248. The topological polar surface area (TPSA) is 228 Å². The van der Waals surface area contributed by atoms with Gasteiger partial charge < -0.3 is 65.1 Å². The molecule has 2 rings (SSSR count). The van der Waals surface area contributed by atoms with Gasteiger partial charge in [0.15, 0.2) is 12.6 Å². The maximum Gasteiger partial charge on any atom is 0.220 e. The Hall–Kier alpha value is -2.83. The van der Waals surface area contributed by atoms with E-state index in [-0.39, 0.29) is 18.9 Å². The summed E-state index contributed by atoms with van der Waals surface area (Å²) in [5.41, 5.74) is 0. The average Bonchev–Trinajstić information content (AvgIpc) is 2.53. The number of aliphatic hydroxyl groups excluding tert-OH is 8. The third kappa shape index (κ3) is 40.0. The minimum Gasteiger partial charge on any atom is -0.394 e. The Morgan fingerprint density at radius 1 is 0.430 bits per heavy atom. The highest BCUT2D eigenvalue weighted by Gasteiger charge is 2.51. The van der Waals surface area contributed by atoms with Gasteiger partial charge in [-0.3, -0.25) is 4.79 Å². The Balaban J connectivity index is 1.71. The van der Waals surface area contributed by atoms with Crippen LogP contribution in [0, 0.1) is 0 Å². The maximum atomic E-state index is 13.3. The van der Waals surface area contributed by atoms with Crippen molar-refractivity contribution in [3.63, 3.8) is 0 Å². The van der Waals surface area contributed by atoms with Crippen molar-refractivity contribution >= 4 is 5.91 Å². The lowest BCUT2D eigenvalue weighted by Gasteiger charge is -2.46. The highest BCUT2D eigenvalue weighted by molar-refractivity contribution is 5.76. The Labute approximate surface area is 522 Å². The van der Waals surface area contributed by atoms with E-state index in [0.717, 1.165) is 89.9 Å². The highest BCUT2D eigenvalue weighted by Crippen LogP contribution is 2.30. The number of amides is 1. The van der Waals surface area contributed by atoms with Gasteiger partial charge in [-0.15, -0.1) is 0 Å². The summed E-state index contributed by atoms with van der Waals surface area (Å²) in [6.45, 7) is 2.70. The standard InChI is InChI=1S/C72H127NO13/c1-3-5-7-9-11-13-15-17-19-21-23-25-27-29-30-32-34-36-38-40-42-44-46-48-50-52-54-56-64(77)73-60(59-83-71-69(82)67(80)70(63(58-75)85-71)86-72-68(81)66(79)65(78)62(57-74)84-72)61(76)55-53-51-49-47-45-43-41-39-37-35-33-31-28-26-24-22-20-18-16-14-12-10-8-6-4-2/h5,7,11,13,17,19,23,25,29-30,34,36,53,55,60-63,65-72,74-76,78-82H,3-4,6,8-10,12,14-16,18,20-22,24,26-28,31-33,35,37-52,54,56-59H2,1-2H3,(H,73,77)/b7-5-,13-11-,19-17-,25-23-,30-29-,36-34-,55-53+. The van der Waals surface area contributed by atoms with E-state index < -0.39 is 86.8 Å². The lowest BCUT2D eigenvalue weighted by molar-refractivity contribution is -0.359. The molecular formula is C72H127NO13. The second kappa shape index (κ2) is 56.2. The maximum absolute atomic E-state index is 13.3. The number of hydrogen-bond donors (Lipinski definition) is 9. The van der Waals surface area contributed by atoms with Gasteiger partial charge in [0.1, 0.15) is 48.8 Å². The first-order valence-corrected chi connectivity index (χ1v) is 34.8. The van der Waals surface area contributed by atoms with Crippen LogP contribution in [0.5, 0.6) is 0 Å². The average molecular weight is 1210 g/mol. The fourth-order valence-electron chi connectivity index (χ4n) is 11.1. The second-order valence-corrected chi connectivity index (χ2v) is 24.3. The van der Waals surface area contributed by atoms with Crippen molar-refractivity contribution in [1.29, 1.82) is 0 Å². The number of hydrogen-bond acceptors (Lipinski definition) is 13. The first-order valence-electron chi connectivity index (χ1n) is 34.8. The molecule has 0 aliphatic carbocycles. The summed E-state index contributed by atoms with van der Waals surface area (Å²) < 4.78 is 22.9. The van der Waals surface area contributed by atoms with Gasteiger partial charge in [0.2, 0.25) is 5.91 Å². The zero-order valence-corrected chi connectivity index (χ0v) is 54.0. The number of carbonyl (C=O) groups is 1. The quantitative estimate of drug-likeness (QED) is 0.0204. The van der Waals surface area contributed by atoms with Gasteiger partial charge in [0.05, 0.1) is 32.0 Å². The van der Waals surface area contributed by atoms with Crippen LogP contribution in [-0.2, 0) is 23.7 Å².